The van der Waals surface area contributed by atoms with E-state index >= 15 is 0 Å². The lowest BCUT2D eigenvalue weighted by Gasteiger charge is -1.98. The number of nitrogens with one attached hydrogen (secondary N) is 1. The van der Waals surface area contributed by atoms with Crippen molar-refractivity contribution in [1.82, 2.24) is 9.97 Å². The van der Waals surface area contributed by atoms with Crippen LogP contribution in [-0.2, 0) is 0 Å². The molecule has 1 fully saturated rings. The highest BCUT2D eigenvalue weighted by atomic mass is 16.5. The molecule has 4 rings (SSSR count). The first-order valence-corrected chi connectivity index (χ1v) is 6.31. The molecule has 3 aromatic rings. The Balaban J connectivity index is 2.07. The molecule has 18 heavy (non-hydrogen) atoms. The van der Waals surface area contributed by atoms with Gasteiger partial charge in [0, 0.05) is 29.0 Å². The molecular weight excluding hydrogens is 224 g/mol. The molecule has 0 spiro atoms. The van der Waals surface area contributed by atoms with Crippen LogP contribution in [0.3, 0.4) is 0 Å². The Morgan fingerprint density at radius 1 is 1.22 bits per heavy atom. The van der Waals surface area contributed by atoms with Crippen molar-refractivity contribution in [2.45, 2.75) is 18.8 Å². The van der Waals surface area contributed by atoms with Gasteiger partial charge in [0.05, 0.1) is 23.8 Å². The highest BCUT2D eigenvalue weighted by Crippen LogP contribution is 2.42. The fourth-order valence-electron chi connectivity index (χ4n) is 2.62. The van der Waals surface area contributed by atoms with Crippen LogP contribution in [0.15, 0.2) is 30.5 Å². The van der Waals surface area contributed by atoms with E-state index in [2.05, 4.69) is 22.1 Å². The maximum Gasteiger partial charge on any atom is 0.120 e. The van der Waals surface area contributed by atoms with Crippen LogP contribution in [0.5, 0.6) is 5.75 Å². The molecule has 90 valence electrons. The number of pyridine rings is 1. The normalized spacial score (nSPS) is 15.4. The van der Waals surface area contributed by atoms with Crippen molar-refractivity contribution in [1.29, 1.82) is 0 Å². The summed E-state index contributed by atoms with van der Waals surface area (Å²) in [5.74, 6) is 1.54. The van der Waals surface area contributed by atoms with E-state index in [-0.39, 0.29) is 0 Å². The first kappa shape index (κ1) is 9.95. The number of hydrogen-bond donors (Lipinski definition) is 1. The number of fused-ring (bicyclic) bond motifs is 3. The van der Waals surface area contributed by atoms with E-state index in [1.54, 1.807) is 7.11 Å². The molecule has 0 saturated heterocycles. The van der Waals surface area contributed by atoms with Crippen LogP contribution >= 0.6 is 0 Å². The van der Waals surface area contributed by atoms with Crippen molar-refractivity contribution in [2.24, 2.45) is 0 Å². The van der Waals surface area contributed by atoms with E-state index in [4.69, 9.17) is 4.74 Å². The van der Waals surface area contributed by atoms with E-state index in [1.165, 1.54) is 34.8 Å². The second-order valence-electron chi connectivity index (χ2n) is 4.93. The van der Waals surface area contributed by atoms with Crippen LogP contribution in [0.25, 0.3) is 21.8 Å². The monoisotopic (exact) mass is 238 g/mol. The van der Waals surface area contributed by atoms with Gasteiger partial charge in [0.25, 0.3) is 0 Å². The largest absolute Gasteiger partial charge is 0.497 e. The van der Waals surface area contributed by atoms with Gasteiger partial charge in [-0.25, -0.2) is 0 Å². The third-order valence-corrected chi connectivity index (χ3v) is 3.72. The molecule has 0 atom stereocenters. The molecule has 1 aromatic carbocycles. The molecular formula is C15H14N2O. The molecule has 0 radical (unpaired) electrons. The van der Waals surface area contributed by atoms with E-state index in [1.807, 2.05) is 18.3 Å². The number of hydrogen-bond acceptors (Lipinski definition) is 2. The Kier molecular flexibility index (Phi) is 1.92. The fraction of sp³-hybridized carbons (Fsp3) is 0.267. The summed E-state index contributed by atoms with van der Waals surface area (Å²) in [4.78, 5) is 8.04. The summed E-state index contributed by atoms with van der Waals surface area (Å²) in [6.45, 7) is 0. The molecule has 2 heterocycles. The quantitative estimate of drug-likeness (QED) is 0.740. The summed E-state index contributed by atoms with van der Waals surface area (Å²) in [6.07, 6.45) is 4.46. The molecule has 2 aromatic heterocycles. The second-order valence-corrected chi connectivity index (χ2v) is 4.93. The van der Waals surface area contributed by atoms with Crippen LogP contribution in [0, 0.1) is 0 Å². The average molecular weight is 238 g/mol. The Bertz CT molecular complexity index is 741. The van der Waals surface area contributed by atoms with Gasteiger partial charge in [-0.1, -0.05) is 0 Å². The molecule has 1 aliphatic carbocycles. The van der Waals surface area contributed by atoms with Gasteiger partial charge in [-0.2, -0.15) is 0 Å². The van der Waals surface area contributed by atoms with Gasteiger partial charge in [-0.05, 0) is 31.0 Å². The highest BCUT2D eigenvalue weighted by Gasteiger charge is 2.27. The Morgan fingerprint density at radius 3 is 2.89 bits per heavy atom. The van der Waals surface area contributed by atoms with Gasteiger partial charge in [0.15, 0.2) is 0 Å². The molecule has 3 heteroatoms. The lowest BCUT2D eigenvalue weighted by atomic mass is 10.1. The summed E-state index contributed by atoms with van der Waals surface area (Å²) in [6, 6.07) is 8.26. The number of methoxy groups -OCH3 is 1. The second kappa shape index (κ2) is 3.48. The molecule has 1 aliphatic rings. The van der Waals surface area contributed by atoms with Crippen LogP contribution < -0.4 is 4.74 Å². The van der Waals surface area contributed by atoms with E-state index in [0.717, 1.165) is 11.3 Å². The summed E-state index contributed by atoms with van der Waals surface area (Å²) in [5.41, 5.74) is 3.55. The van der Waals surface area contributed by atoms with Crippen molar-refractivity contribution >= 4 is 21.8 Å². The molecule has 3 nitrogen and oxygen atoms in total. The van der Waals surface area contributed by atoms with Gasteiger partial charge in [-0.3, -0.25) is 4.98 Å². The first-order chi connectivity index (χ1) is 8.86. The van der Waals surface area contributed by atoms with E-state index < -0.39 is 0 Å². The Labute approximate surface area is 105 Å². The van der Waals surface area contributed by atoms with Gasteiger partial charge >= 0.3 is 0 Å². The Morgan fingerprint density at radius 2 is 2.11 bits per heavy atom. The van der Waals surface area contributed by atoms with Crippen LogP contribution in [-0.4, -0.2) is 17.1 Å². The first-order valence-electron chi connectivity index (χ1n) is 6.31. The van der Waals surface area contributed by atoms with Crippen molar-refractivity contribution in [2.75, 3.05) is 7.11 Å². The average Bonchev–Trinajstić information content (AvgIpc) is 3.18. The smallest absolute Gasteiger partial charge is 0.120 e. The van der Waals surface area contributed by atoms with Crippen molar-refractivity contribution < 1.29 is 4.74 Å². The van der Waals surface area contributed by atoms with Gasteiger partial charge in [0.2, 0.25) is 0 Å². The van der Waals surface area contributed by atoms with Gasteiger partial charge in [0.1, 0.15) is 5.75 Å². The number of aromatic nitrogens is 2. The zero-order valence-electron chi connectivity index (χ0n) is 10.2. The lowest BCUT2D eigenvalue weighted by Crippen LogP contribution is -1.86. The number of benzene rings is 1. The van der Waals surface area contributed by atoms with Crippen LogP contribution in [0.1, 0.15) is 24.5 Å². The predicted molar refractivity (Wildman–Crippen MR) is 72.1 cm³/mol. The molecule has 1 saturated carbocycles. The zero-order valence-corrected chi connectivity index (χ0v) is 10.2. The minimum atomic E-state index is 0.656. The Hall–Kier alpha value is -2.03. The number of H-pyrrole nitrogens is 1. The van der Waals surface area contributed by atoms with Gasteiger partial charge in [-0.15, -0.1) is 0 Å². The highest BCUT2D eigenvalue weighted by molar-refractivity contribution is 6.08. The van der Waals surface area contributed by atoms with E-state index in [9.17, 15) is 0 Å². The fourth-order valence-corrected chi connectivity index (χ4v) is 2.62. The zero-order chi connectivity index (χ0) is 12.1. The summed E-state index contributed by atoms with van der Waals surface area (Å²) in [7, 11) is 1.70. The predicted octanol–water partition coefficient (Wildman–Crippen LogP) is 3.60. The minimum Gasteiger partial charge on any atom is -0.497 e. The van der Waals surface area contributed by atoms with Crippen LogP contribution in [0.4, 0.5) is 0 Å². The topological polar surface area (TPSA) is 37.9 Å². The SMILES string of the molecule is COc1ccc2c(c1)[nH]c1c(C3CC3)nccc12. The molecule has 1 N–H and O–H groups in total. The summed E-state index contributed by atoms with van der Waals surface area (Å²) < 4.78 is 5.27. The number of aromatic amines is 1. The van der Waals surface area contributed by atoms with Crippen molar-refractivity contribution in [3.05, 3.63) is 36.2 Å². The van der Waals surface area contributed by atoms with Crippen LogP contribution in [0.2, 0.25) is 0 Å². The maximum absolute atomic E-state index is 5.27. The third kappa shape index (κ3) is 1.33. The van der Waals surface area contributed by atoms with E-state index in [0.29, 0.717) is 5.92 Å². The lowest BCUT2D eigenvalue weighted by molar-refractivity contribution is 0.415. The molecule has 0 unspecified atom stereocenters. The summed E-state index contributed by atoms with van der Waals surface area (Å²) >= 11 is 0. The number of ether oxygens (including phenoxy) is 1. The maximum atomic E-state index is 5.27. The molecule has 0 aliphatic heterocycles. The molecule has 0 amide bonds. The number of rotatable bonds is 2. The number of nitrogens with zero attached hydrogens (tertiary/aromatic N) is 1. The van der Waals surface area contributed by atoms with Gasteiger partial charge < -0.3 is 9.72 Å². The molecule has 0 bridgehead atoms. The third-order valence-electron chi connectivity index (χ3n) is 3.72. The van der Waals surface area contributed by atoms with Crippen molar-refractivity contribution in [3.8, 4) is 5.75 Å². The summed E-state index contributed by atoms with van der Waals surface area (Å²) in [5, 5.41) is 2.51. The standard InChI is InChI=1S/C15H14N2O/c1-18-10-4-5-11-12-6-7-16-14(9-2-3-9)15(12)17-13(11)8-10/h4-9,17H,2-3H2,1H3. The minimum absolute atomic E-state index is 0.656. The van der Waals surface area contributed by atoms with Crippen molar-refractivity contribution in [3.63, 3.8) is 0 Å².